The number of hydrogen-bond acceptors (Lipinski definition) is 11. The van der Waals surface area contributed by atoms with E-state index in [0.29, 0.717) is 48.6 Å². The lowest BCUT2D eigenvalue weighted by atomic mass is 9.96. The third-order valence-corrected chi connectivity index (χ3v) is 15.1. The summed E-state index contributed by atoms with van der Waals surface area (Å²) in [7, 11) is -2.30. The lowest BCUT2D eigenvalue weighted by Gasteiger charge is -2.32. The van der Waals surface area contributed by atoms with E-state index in [-0.39, 0.29) is 43.9 Å². The second-order valence-corrected chi connectivity index (χ2v) is 19.3. The molecule has 1 aromatic heterocycles. The van der Waals surface area contributed by atoms with Gasteiger partial charge in [-0.25, -0.2) is 18.2 Å². The molecule has 1 saturated heterocycles. The van der Waals surface area contributed by atoms with E-state index in [0.717, 1.165) is 63.2 Å². The largest absolute Gasteiger partial charge is 0.490 e. The molecule has 324 valence electrons. The van der Waals surface area contributed by atoms with Gasteiger partial charge in [0.1, 0.15) is 42.2 Å². The van der Waals surface area contributed by atoms with Gasteiger partial charge >= 0.3 is 6.09 Å². The number of para-hydroxylation sites is 1. The maximum atomic E-state index is 15.0. The highest BCUT2D eigenvalue weighted by atomic mass is 32.2. The van der Waals surface area contributed by atoms with Crippen LogP contribution in [-0.4, -0.2) is 104 Å². The van der Waals surface area contributed by atoms with Crippen molar-refractivity contribution in [1.82, 2.24) is 25.2 Å². The molecule has 0 radical (unpaired) electrons. The SMILES string of the molecule is C=C[C@@H]1C[C@]1(NC(=O)[C@@H]1C[C@@H]2CN1C(=O)[C@H](C1CCCC1)NC(=O)O[C@@H]1CCC[C@H]1CC/C=C/Cc1c(nc3ccccc3c1OCCOC)O2)C(=O)NS(=O)(=O)C1CC1. The quantitative estimate of drug-likeness (QED) is 0.211. The minimum Gasteiger partial charge on any atom is -0.490 e. The number of allylic oxidation sites excluding steroid dienone is 2. The van der Waals surface area contributed by atoms with E-state index in [4.69, 9.17) is 23.9 Å². The summed E-state index contributed by atoms with van der Waals surface area (Å²) in [5.74, 6) is -1.52. The number of ether oxygens (including phenoxy) is 4. The van der Waals surface area contributed by atoms with Crippen molar-refractivity contribution in [2.24, 2.45) is 17.8 Å². The van der Waals surface area contributed by atoms with E-state index in [9.17, 15) is 27.6 Å². The van der Waals surface area contributed by atoms with Gasteiger partial charge in [0.25, 0.3) is 5.91 Å². The summed E-state index contributed by atoms with van der Waals surface area (Å²) in [6.07, 6.45) is 13.0. The van der Waals surface area contributed by atoms with Crippen molar-refractivity contribution in [3.05, 3.63) is 54.6 Å². The molecule has 1 aromatic carbocycles. The monoisotopic (exact) mass is 847 g/mol. The van der Waals surface area contributed by atoms with Crippen LogP contribution < -0.4 is 24.8 Å². The molecule has 2 aromatic rings. The van der Waals surface area contributed by atoms with Crippen molar-refractivity contribution < 1.29 is 46.5 Å². The van der Waals surface area contributed by atoms with Crippen LogP contribution in [0.5, 0.6) is 11.6 Å². The lowest BCUT2D eigenvalue weighted by Crippen LogP contribution is -2.59. The third kappa shape index (κ3) is 8.86. The molecule has 4 amide bonds. The van der Waals surface area contributed by atoms with Crippen molar-refractivity contribution in [3.63, 3.8) is 0 Å². The molecule has 2 aliphatic heterocycles. The molecule has 16 heteroatoms. The number of alkyl carbamates (subject to hydrolysis) is 1. The van der Waals surface area contributed by atoms with Gasteiger partial charge in [-0.15, -0.1) is 6.58 Å². The molecular weight excluding hydrogens is 791 g/mol. The van der Waals surface area contributed by atoms with Crippen molar-refractivity contribution in [1.29, 1.82) is 0 Å². The van der Waals surface area contributed by atoms with Crippen molar-refractivity contribution >= 4 is 44.7 Å². The van der Waals surface area contributed by atoms with Gasteiger partial charge in [-0.3, -0.25) is 19.1 Å². The Morgan fingerprint density at radius 2 is 1.80 bits per heavy atom. The number of pyridine rings is 1. The van der Waals surface area contributed by atoms with E-state index in [2.05, 4.69) is 34.1 Å². The molecule has 0 spiro atoms. The first-order chi connectivity index (χ1) is 29.0. The van der Waals surface area contributed by atoms with Gasteiger partial charge in [-0.1, -0.05) is 43.2 Å². The van der Waals surface area contributed by atoms with Gasteiger partial charge in [0.05, 0.1) is 29.5 Å². The molecule has 8 rings (SSSR count). The number of nitrogens with one attached hydrogen (secondary N) is 3. The molecule has 4 aliphatic carbocycles. The molecule has 5 fully saturated rings. The number of aromatic nitrogens is 1. The molecule has 4 saturated carbocycles. The van der Waals surface area contributed by atoms with E-state index >= 15 is 0 Å². The summed E-state index contributed by atoms with van der Waals surface area (Å²) in [6.45, 7) is 4.45. The predicted molar refractivity (Wildman–Crippen MR) is 221 cm³/mol. The summed E-state index contributed by atoms with van der Waals surface area (Å²) in [4.78, 5) is 63.4. The van der Waals surface area contributed by atoms with Gasteiger partial charge in [0.15, 0.2) is 0 Å². The second-order valence-electron chi connectivity index (χ2n) is 17.3. The molecule has 3 N–H and O–H groups in total. The normalized spacial score (nSPS) is 30.4. The Kier molecular flexibility index (Phi) is 12.4. The summed E-state index contributed by atoms with van der Waals surface area (Å²) in [5, 5.41) is 5.98. The number of nitrogens with zero attached hydrogens (tertiary/aromatic N) is 2. The Morgan fingerprint density at radius 3 is 2.55 bits per heavy atom. The smallest absolute Gasteiger partial charge is 0.408 e. The van der Waals surface area contributed by atoms with Crippen LogP contribution in [0.25, 0.3) is 10.9 Å². The fourth-order valence-electron chi connectivity index (χ4n) is 9.69. The van der Waals surface area contributed by atoms with Crippen LogP contribution in [0.15, 0.2) is 49.1 Å². The van der Waals surface area contributed by atoms with Crippen LogP contribution in [0.2, 0.25) is 0 Å². The van der Waals surface area contributed by atoms with Gasteiger partial charge < -0.3 is 34.5 Å². The van der Waals surface area contributed by atoms with Gasteiger partial charge in [0, 0.05) is 24.8 Å². The van der Waals surface area contributed by atoms with Crippen LogP contribution in [-0.2, 0) is 40.3 Å². The maximum absolute atomic E-state index is 15.0. The Morgan fingerprint density at radius 1 is 1.02 bits per heavy atom. The predicted octanol–water partition coefficient (Wildman–Crippen LogP) is 4.62. The zero-order chi connectivity index (χ0) is 42.0. The molecule has 6 aliphatic rings. The number of fused-ring (bicyclic) bond motifs is 5. The Labute approximate surface area is 351 Å². The molecule has 7 atom stereocenters. The van der Waals surface area contributed by atoms with E-state index < -0.39 is 68.7 Å². The topological polar surface area (TPSA) is 192 Å². The molecule has 3 heterocycles. The zero-order valence-electron chi connectivity index (χ0n) is 34.3. The summed E-state index contributed by atoms with van der Waals surface area (Å²) in [6, 6.07) is 5.52. The standard InChI is InChI=1S/C44H57N5O10S/c1-3-29-25-44(29,42(52)48-60(54,55)31-20-21-31)47-39(50)35-24-30-26-49(35)41(51)37(28-13-7-8-14-28)46-43(53)59-36-19-11-15-27(36)12-5-4-6-17-33-38(57-23-22-56-2)32-16-9-10-18-34(32)45-40(33)58-30/h3-4,6,9-10,16,18,27-31,35-37H,1,5,7-8,11-15,17,19-26H2,2H3,(H,46,53)(H,47,50)(H,48,52)/b6-4+/t27-,29-,30-,35+,36-,37+,44-/m1/s1. The van der Waals surface area contributed by atoms with E-state index in [1.807, 2.05) is 24.3 Å². The first kappa shape index (κ1) is 42.0. The van der Waals surface area contributed by atoms with Crippen LogP contribution in [0.4, 0.5) is 4.79 Å². The Balaban J connectivity index is 1.16. The Bertz CT molecular complexity index is 2120. The first-order valence-electron chi connectivity index (χ1n) is 21.6. The number of rotatable bonds is 11. The van der Waals surface area contributed by atoms with E-state index in [1.165, 1.54) is 11.0 Å². The highest BCUT2D eigenvalue weighted by molar-refractivity contribution is 7.91. The number of amides is 4. The molecular formula is C44H57N5O10S. The second kappa shape index (κ2) is 17.7. The highest BCUT2D eigenvalue weighted by Crippen LogP contribution is 2.46. The zero-order valence-corrected chi connectivity index (χ0v) is 35.1. The molecule has 2 bridgehead atoms. The average molecular weight is 848 g/mol. The summed E-state index contributed by atoms with van der Waals surface area (Å²) in [5.41, 5.74) is -0.200. The summed E-state index contributed by atoms with van der Waals surface area (Å²) < 4.78 is 52.5. The first-order valence-corrected chi connectivity index (χ1v) is 23.2. The lowest BCUT2D eigenvalue weighted by molar-refractivity contribution is -0.142. The van der Waals surface area contributed by atoms with Gasteiger partial charge in [-0.2, -0.15) is 0 Å². The van der Waals surface area contributed by atoms with Crippen molar-refractivity contribution in [2.75, 3.05) is 26.9 Å². The highest BCUT2D eigenvalue weighted by Gasteiger charge is 2.62. The van der Waals surface area contributed by atoms with Crippen molar-refractivity contribution in [3.8, 4) is 11.6 Å². The minimum absolute atomic E-state index is 0.0225. The molecule has 15 nitrogen and oxygen atoms in total. The summed E-state index contributed by atoms with van der Waals surface area (Å²) >= 11 is 0. The number of methoxy groups -OCH3 is 1. The number of sulfonamides is 1. The van der Waals surface area contributed by atoms with Crippen LogP contribution in [0.1, 0.15) is 89.0 Å². The fourth-order valence-corrected chi connectivity index (χ4v) is 11.1. The van der Waals surface area contributed by atoms with Crippen LogP contribution >= 0.6 is 0 Å². The fraction of sp³-hybridized carbons (Fsp3) is 0.614. The molecule has 60 heavy (non-hydrogen) atoms. The van der Waals surface area contributed by atoms with Gasteiger partial charge in [0.2, 0.25) is 27.7 Å². The van der Waals surface area contributed by atoms with Gasteiger partial charge in [-0.05, 0) is 94.6 Å². The third-order valence-electron chi connectivity index (χ3n) is 13.3. The van der Waals surface area contributed by atoms with Crippen LogP contribution in [0.3, 0.4) is 0 Å². The molecule has 0 unspecified atom stereocenters. The van der Waals surface area contributed by atoms with Crippen molar-refractivity contribution in [2.45, 2.75) is 125 Å². The maximum Gasteiger partial charge on any atom is 0.408 e. The minimum atomic E-state index is -3.91. The Hall–Kier alpha value is -4.70. The van der Waals surface area contributed by atoms with Crippen LogP contribution in [0, 0.1) is 17.8 Å². The van der Waals surface area contributed by atoms with E-state index in [1.54, 1.807) is 7.11 Å². The average Bonchev–Trinajstić information content (AvgIpc) is 4.02. The number of carbonyl (C=O) groups is 4. The number of carbonyl (C=O) groups excluding carboxylic acids is 4. The number of hydrogen-bond donors (Lipinski definition) is 3. The number of benzene rings is 1.